The van der Waals surface area contributed by atoms with Crippen molar-refractivity contribution in [1.82, 2.24) is 0 Å². The molecule has 5 nitrogen and oxygen atoms in total. The molecule has 0 fully saturated rings. The molecule has 0 saturated carbocycles. The number of carbonyl (C=O) groups is 3. The van der Waals surface area contributed by atoms with Crippen molar-refractivity contribution in [3.8, 4) is 0 Å². The van der Waals surface area contributed by atoms with Crippen LogP contribution in [0.5, 0.6) is 0 Å². The zero-order chi connectivity index (χ0) is 14.6. The summed E-state index contributed by atoms with van der Waals surface area (Å²) in [6, 6.07) is 0. The average Bonchev–Trinajstić information content (AvgIpc) is 2.29. The highest BCUT2D eigenvalue weighted by molar-refractivity contribution is 5.92. The third-order valence-electron chi connectivity index (χ3n) is 1.69. The van der Waals surface area contributed by atoms with Crippen molar-refractivity contribution in [2.45, 2.75) is 0 Å². The van der Waals surface area contributed by atoms with Crippen molar-refractivity contribution in [3.05, 3.63) is 34.4 Å². The SMILES string of the molecule is C=O.O=C(O)c1c(F)c(F)c(C(=O)O)c(F)c1F. The molecule has 0 aliphatic heterocycles. The minimum atomic E-state index is -2.26. The number of halogens is 4. The van der Waals surface area contributed by atoms with E-state index in [-0.39, 0.29) is 0 Å². The van der Waals surface area contributed by atoms with Crippen LogP contribution in [0.25, 0.3) is 0 Å². The van der Waals surface area contributed by atoms with E-state index in [1.165, 1.54) is 0 Å². The highest BCUT2D eigenvalue weighted by Gasteiger charge is 2.31. The third kappa shape index (κ3) is 2.44. The largest absolute Gasteiger partial charge is 0.477 e. The Morgan fingerprint density at radius 2 is 0.889 bits per heavy atom. The van der Waals surface area contributed by atoms with Gasteiger partial charge in [-0.05, 0) is 0 Å². The number of hydrogen-bond acceptors (Lipinski definition) is 3. The Balaban J connectivity index is 0.00000137. The molecule has 0 radical (unpaired) electrons. The monoisotopic (exact) mass is 268 g/mol. The lowest BCUT2D eigenvalue weighted by molar-refractivity contribution is -0.0980. The van der Waals surface area contributed by atoms with Crippen LogP contribution >= 0.6 is 0 Å². The van der Waals surface area contributed by atoms with Gasteiger partial charge in [0.25, 0.3) is 0 Å². The maximum atomic E-state index is 12.9. The van der Waals surface area contributed by atoms with Crippen molar-refractivity contribution >= 4 is 18.7 Å². The fourth-order valence-corrected chi connectivity index (χ4v) is 1.01. The van der Waals surface area contributed by atoms with E-state index < -0.39 is 46.3 Å². The molecule has 0 unspecified atom stereocenters. The van der Waals surface area contributed by atoms with Gasteiger partial charge in [-0.15, -0.1) is 0 Å². The normalized spacial score (nSPS) is 9.33. The van der Waals surface area contributed by atoms with E-state index >= 15 is 0 Å². The summed E-state index contributed by atoms with van der Waals surface area (Å²) in [6.07, 6.45) is 0. The van der Waals surface area contributed by atoms with Crippen LogP contribution in [0.3, 0.4) is 0 Å². The molecule has 0 bridgehead atoms. The molecule has 0 aliphatic carbocycles. The van der Waals surface area contributed by atoms with Crippen LogP contribution < -0.4 is 0 Å². The Labute approximate surface area is 96.3 Å². The van der Waals surface area contributed by atoms with E-state index in [0.717, 1.165) is 0 Å². The van der Waals surface area contributed by atoms with Gasteiger partial charge in [0.15, 0.2) is 23.3 Å². The van der Waals surface area contributed by atoms with Crippen molar-refractivity contribution < 1.29 is 42.2 Å². The van der Waals surface area contributed by atoms with E-state index in [0.29, 0.717) is 0 Å². The van der Waals surface area contributed by atoms with Gasteiger partial charge in [-0.3, -0.25) is 0 Å². The van der Waals surface area contributed by atoms with Crippen LogP contribution in [0.15, 0.2) is 0 Å². The molecule has 1 rings (SSSR count). The van der Waals surface area contributed by atoms with E-state index in [9.17, 15) is 27.2 Å². The Bertz CT molecular complexity index is 440. The van der Waals surface area contributed by atoms with Crippen molar-refractivity contribution in [3.63, 3.8) is 0 Å². The second-order valence-electron chi connectivity index (χ2n) is 2.62. The zero-order valence-electron chi connectivity index (χ0n) is 8.34. The van der Waals surface area contributed by atoms with Gasteiger partial charge < -0.3 is 15.0 Å². The van der Waals surface area contributed by atoms with Crippen LogP contribution in [-0.2, 0) is 4.79 Å². The molecule has 1 aromatic carbocycles. The molecule has 1 aromatic rings. The Morgan fingerprint density at radius 3 is 1.00 bits per heavy atom. The summed E-state index contributed by atoms with van der Waals surface area (Å²) in [6.45, 7) is 2.00. The van der Waals surface area contributed by atoms with E-state index in [2.05, 4.69) is 0 Å². The molecule has 0 saturated heterocycles. The molecule has 98 valence electrons. The predicted octanol–water partition coefficient (Wildman–Crippen LogP) is 1.45. The zero-order valence-corrected chi connectivity index (χ0v) is 8.34. The van der Waals surface area contributed by atoms with Crippen molar-refractivity contribution in [1.29, 1.82) is 0 Å². The summed E-state index contributed by atoms with van der Waals surface area (Å²) in [4.78, 5) is 28.5. The first-order chi connectivity index (χ1) is 8.29. The van der Waals surface area contributed by atoms with Gasteiger partial charge in [-0.1, -0.05) is 0 Å². The highest BCUT2D eigenvalue weighted by Crippen LogP contribution is 2.24. The summed E-state index contributed by atoms with van der Waals surface area (Å²) in [7, 11) is 0. The van der Waals surface area contributed by atoms with Crippen molar-refractivity contribution in [2.75, 3.05) is 0 Å². The summed E-state index contributed by atoms with van der Waals surface area (Å²) in [5, 5.41) is 16.5. The molecular formula is C9H4F4O5. The van der Waals surface area contributed by atoms with Gasteiger partial charge in [-0.25, -0.2) is 27.2 Å². The van der Waals surface area contributed by atoms with Gasteiger partial charge in [0, 0.05) is 0 Å². The summed E-state index contributed by atoms with van der Waals surface area (Å²) >= 11 is 0. The second-order valence-corrected chi connectivity index (χ2v) is 2.62. The smallest absolute Gasteiger partial charge is 0.341 e. The number of aromatic carboxylic acids is 2. The lowest BCUT2D eigenvalue weighted by atomic mass is 10.1. The second kappa shape index (κ2) is 5.75. The molecular weight excluding hydrogens is 264 g/mol. The first-order valence-corrected chi connectivity index (χ1v) is 3.90. The molecule has 0 atom stereocenters. The topological polar surface area (TPSA) is 91.7 Å². The van der Waals surface area contributed by atoms with Gasteiger partial charge in [-0.2, -0.15) is 0 Å². The predicted molar refractivity (Wildman–Crippen MR) is 47.3 cm³/mol. The van der Waals surface area contributed by atoms with Gasteiger partial charge >= 0.3 is 11.9 Å². The Hall–Kier alpha value is -2.45. The number of carbonyl (C=O) groups excluding carboxylic acids is 1. The molecule has 0 amide bonds. The van der Waals surface area contributed by atoms with Gasteiger partial charge in [0.2, 0.25) is 0 Å². The summed E-state index contributed by atoms with van der Waals surface area (Å²) in [5.74, 6) is -13.5. The Kier molecular flexibility index (Phi) is 4.97. The van der Waals surface area contributed by atoms with Crippen LogP contribution in [0.1, 0.15) is 20.7 Å². The molecule has 9 heteroatoms. The minimum absolute atomic E-state index is 1.88. The summed E-state index contributed by atoms with van der Waals surface area (Å²) < 4.78 is 51.6. The molecule has 0 heterocycles. The van der Waals surface area contributed by atoms with Gasteiger partial charge in [0.05, 0.1) is 0 Å². The first kappa shape index (κ1) is 15.6. The van der Waals surface area contributed by atoms with Crippen molar-refractivity contribution in [2.24, 2.45) is 0 Å². The molecule has 2 N–H and O–H groups in total. The van der Waals surface area contributed by atoms with Crippen LogP contribution in [0, 0.1) is 23.3 Å². The van der Waals surface area contributed by atoms with Crippen LogP contribution in [-0.4, -0.2) is 28.9 Å². The fraction of sp³-hybridized carbons (Fsp3) is 0. The number of rotatable bonds is 2. The highest BCUT2D eigenvalue weighted by atomic mass is 19.2. The lowest BCUT2D eigenvalue weighted by Gasteiger charge is -2.05. The average molecular weight is 268 g/mol. The maximum Gasteiger partial charge on any atom is 0.341 e. The standard InChI is InChI=1S/C8H2F4O4.CH2O/c9-3-1(7(13)14)4(10)6(12)2(5(3)11)8(15)16;1-2/h(H,13,14)(H,15,16);1H2. The van der Waals surface area contributed by atoms with Crippen LogP contribution in [0.2, 0.25) is 0 Å². The minimum Gasteiger partial charge on any atom is -0.477 e. The number of carboxylic acids is 2. The molecule has 0 aromatic heterocycles. The number of carboxylic acid groups (broad SMARTS) is 2. The Morgan fingerprint density at radius 1 is 0.722 bits per heavy atom. The van der Waals surface area contributed by atoms with Crippen LogP contribution in [0.4, 0.5) is 17.6 Å². The van der Waals surface area contributed by atoms with E-state index in [1.807, 2.05) is 6.79 Å². The maximum absolute atomic E-state index is 12.9. The fourth-order valence-electron chi connectivity index (χ4n) is 1.01. The quantitative estimate of drug-likeness (QED) is 0.625. The number of benzene rings is 1. The molecule has 0 spiro atoms. The third-order valence-corrected chi connectivity index (χ3v) is 1.69. The van der Waals surface area contributed by atoms with E-state index in [1.54, 1.807) is 0 Å². The van der Waals surface area contributed by atoms with Gasteiger partial charge in [0.1, 0.15) is 17.9 Å². The lowest BCUT2D eigenvalue weighted by Crippen LogP contribution is -2.15. The molecule has 18 heavy (non-hydrogen) atoms. The van der Waals surface area contributed by atoms with E-state index in [4.69, 9.17) is 15.0 Å². The first-order valence-electron chi connectivity index (χ1n) is 3.90. The molecule has 0 aliphatic rings. The number of hydrogen-bond donors (Lipinski definition) is 2. The summed E-state index contributed by atoms with van der Waals surface area (Å²) in [5.41, 5.74) is -3.75.